The summed E-state index contributed by atoms with van der Waals surface area (Å²) < 4.78 is 13.1. The summed E-state index contributed by atoms with van der Waals surface area (Å²) in [6, 6.07) is 3.67. The molecule has 0 atom stereocenters. The second kappa shape index (κ2) is 8.81. The lowest BCUT2D eigenvalue weighted by Crippen LogP contribution is -2.41. The highest BCUT2D eigenvalue weighted by Crippen LogP contribution is 2.35. The van der Waals surface area contributed by atoms with E-state index in [1.165, 1.54) is 24.7 Å². The number of anilines is 2. The zero-order valence-electron chi connectivity index (χ0n) is 17.1. The third-order valence-corrected chi connectivity index (χ3v) is 4.94. The van der Waals surface area contributed by atoms with Gasteiger partial charge in [-0.15, -0.1) is 0 Å². The van der Waals surface area contributed by atoms with Gasteiger partial charge in [-0.05, 0) is 19.1 Å². The van der Waals surface area contributed by atoms with Gasteiger partial charge in [0, 0.05) is 25.9 Å². The Morgan fingerprint density at radius 1 is 1.23 bits per heavy atom. The van der Waals surface area contributed by atoms with Gasteiger partial charge in [0.05, 0.1) is 18.5 Å². The summed E-state index contributed by atoms with van der Waals surface area (Å²) in [5, 5.41) is 16.4. The topological polar surface area (TPSA) is 140 Å². The fourth-order valence-electron chi connectivity index (χ4n) is 3.30. The molecule has 0 saturated carbocycles. The first-order chi connectivity index (χ1) is 15.0. The maximum atomic E-state index is 11.1. The number of nitrogens with one attached hydrogen (secondary N) is 1. The fraction of sp³-hybridized carbons (Fsp3) is 0.368. The van der Waals surface area contributed by atoms with Gasteiger partial charge in [0.25, 0.3) is 5.88 Å². The van der Waals surface area contributed by atoms with Gasteiger partial charge >= 0.3 is 6.09 Å². The van der Waals surface area contributed by atoms with Crippen LogP contribution in [-0.4, -0.2) is 72.1 Å². The molecule has 3 aromatic rings. The molecule has 4 heterocycles. The van der Waals surface area contributed by atoms with E-state index in [-0.39, 0.29) is 6.10 Å². The van der Waals surface area contributed by atoms with Crippen LogP contribution in [0, 0.1) is 6.92 Å². The van der Waals surface area contributed by atoms with Gasteiger partial charge in [-0.1, -0.05) is 0 Å². The predicted molar refractivity (Wildman–Crippen MR) is 109 cm³/mol. The van der Waals surface area contributed by atoms with Gasteiger partial charge in [0.1, 0.15) is 25.1 Å². The summed E-state index contributed by atoms with van der Waals surface area (Å²) in [6.07, 6.45) is 4.50. The van der Waals surface area contributed by atoms with E-state index >= 15 is 0 Å². The predicted octanol–water partition coefficient (Wildman–Crippen LogP) is 2.03. The number of hydrogen-bond donors (Lipinski definition) is 2. The summed E-state index contributed by atoms with van der Waals surface area (Å²) in [4.78, 5) is 29.4. The molecule has 0 aliphatic carbocycles. The Bertz CT molecular complexity index is 1050. The van der Waals surface area contributed by atoms with Crippen molar-refractivity contribution in [2.75, 3.05) is 25.5 Å². The Morgan fingerprint density at radius 2 is 2.03 bits per heavy atom. The van der Waals surface area contributed by atoms with Gasteiger partial charge in [-0.2, -0.15) is 10.1 Å². The minimum absolute atomic E-state index is 0.155. The lowest BCUT2D eigenvalue weighted by atomic mass is 10.1. The lowest BCUT2D eigenvalue weighted by Gasteiger charge is -2.30. The van der Waals surface area contributed by atoms with Crippen molar-refractivity contribution >= 4 is 17.6 Å². The molecular weight excluding hydrogens is 404 g/mol. The number of amides is 1. The molecular formula is C19H22N8O4. The molecule has 1 amide bonds. The monoisotopic (exact) mass is 426 g/mol. The average molecular weight is 426 g/mol. The Hall–Kier alpha value is -3.96. The second-order valence-corrected chi connectivity index (χ2v) is 6.91. The minimum Gasteiger partial charge on any atom is -0.489 e. The van der Waals surface area contributed by atoms with Crippen LogP contribution >= 0.6 is 0 Å². The van der Waals surface area contributed by atoms with E-state index < -0.39 is 6.09 Å². The molecule has 1 aliphatic heterocycles. The number of ether oxygens (including phenoxy) is 2. The zero-order chi connectivity index (χ0) is 21.8. The molecule has 12 heteroatoms. The highest BCUT2D eigenvalue weighted by molar-refractivity contribution is 5.66. The van der Waals surface area contributed by atoms with Crippen molar-refractivity contribution < 1.29 is 19.4 Å². The Balaban J connectivity index is 1.50. The number of pyridine rings is 1. The van der Waals surface area contributed by atoms with E-state index in [2.05, 4.69) is 30.4 Å². The van der Waals surface area contributed by atoms with E-state index in [1.54, 1.807) is 11.0 Å². The van der Waals surface area contributed by atoms with Crippen LogP contribution in [0.3, 0.4) is 0 Å². The standard InChI is InChI=1S/C19H22N8O4/c1-12-14(3-4-15(24-12)27-11-20-9-23-27)25-17-16(30-2)18(22-10-21-17)31-13-5-7-26(8-6-13)19(28)29/h3-4,9-11,13H,5-8H2,1-2H3,(H,28,29)(H,21,22,25). The Morgan fingerprint density at radius 3 is 2.68 bits per heavy atom. The Kier molecular flexibility index (Phi) is 5.78. The average Bonchev–Trinajstić information content (AvgIpc) is 3.31. The number of aryl methyl sites for hydroxylation is 1. The molecule has 1 aliphatic rings. The summed E-state index contributed by atoms with van der Waals surface area (Å²) in [6.45, 7) is 2.70. The van der Waals surface area contributed by atoms with E-state index in [0.29, 0.717) is 49.2 Å². The van der Waals surface area contributed by atoms with Crippen LogP contribution in [0.4, 0.5) is 16.3 Å². The fourth-order valence-corrected chi connectivity index (χ4v) is 3.30. The van der Waals surface area contributed by atoms with Crippen molar-refractivity contribution in [3.8, 4) is 17.4 Å². The molecule has 162 valence electrons. The highest BCUT2D eigenvalue weighted by atomic mass is 16.5. The molecule has 0 bridgehead atoms. The maximum absolute atomic E-state index is 11.1. The van der Waals surface area contributed by atoms with Crippen molar-refractivity contribution in [3.63, 3.8) is 0 Å². The van der Waals surface area contributed by atoms with Crippen LogP contribution in [0.25, 0.3) is 5.82 Å². The summed E-state index contributed by atoms with van der Waals surface area (Å²) in [7, 11) is 1.52. The highest BCUT2D eigenvalue weighted by Gasteiger charge is 2.25. The third-order valence-electron chi connectivity index (χ3n) is 4.94. The van der Waals surface area contributed by atoms with Crippen molar-refractivity contribution in [1.82, 2.24) is 34.6 Å². The first-order valence-electron chi connectivity index (χ1n) is 9.68. The van der Waals surface area contributed by atoms with Crippen molar-refractivity contribution in [2.45, 2.75) is 25.9 Å². The van der Waals surface area contributed by atoms with Crippen molar-refractivity contribution in [1.29, 1.82) is 0 Å². The van der Waals surface area contributed by atoms with Gasteiger partial charge in [0.15, 0.2) is 11.6 Å². The number of hydrogen-bond acceptors (Lipinski definition) is 9. The van der Waals surface area contributed by atoms with Crippen LogP contribution in [0.5, 0.6) is 11.6 Å². The normalized spacial score (nSPS) is 14.3. The lowest BCUT2D eigenvalue weighted by molar-refractivity contribution is 0.0852. The minimum atomic E-state index is -0.914. The number of piperidine rings is 1. The third kappa shape index (κ3) is 4.47. The van der Waals surface area contributed by atoms with E-state index in [4.69, 9.17) is 14.6 Å². The van der Waals surface area contributed by atoms with Crippen LogP contribution < -0.4 is 14.8 Å². The largest absolute Gasteiger partial charge is 0.489 e. The van der Waals surface area contributed by atoms with E-state index in [9.17, 15) is 4.79 Å². The molecule has 0 radical (unpaired) electrons. The van der Waals surface area contributed by atoms with Gasteiger partial charge in [0.2, 0.25) is 5.75 Å². The number of likely N-dealkylation sites (tertiary alicyclic amines) is 1. The first-order valence-corrected chi connectivity index (χ1v) is 9.68. The quantitative estimate of drug-likeness (QED) is 0.601. The van der Waals surface area contributed by atoms with Gasteiger partial charge < -0.3 is 24.8 Å². The molecule has 3 aromatic heterocycles. The van der Waals surface area contributed by atoms with Gasteiger partial charge in [-0.3, -0.25) is 0 Å². The number of carbonyl (C=O) groups is 1. The molecule has 0 aromatic carbocycles. The summed E-state index contributed by atoms with van der Waals surface area (Å²) in [5.74, 6) is 1.75. The molecule has 2 N–H and O–H groups in total. The summed E-state index contributed by atoms with van der Waals surface area (Å²) >= 11 is 0. The molecule has 1 fully saturated rings. The van der Waals surface area contributed by atoms with Crippen molar-refractivity contribution in [3.05, 3.63) is 36.8 Å². The molecule has 4 rings (SSSR count). The number of carboxylic acid groups (broad SMARTS) is 1. The summed E-state index contributed by atoms with van der Waals surface area (Å²) in [5.41, 5.74) is 1.47. The first kappa shape index (κ1) is 20.3. The Labute approximate surface area is 177 Å². The number of aromatic nitrogens is 6. The van der Waals surface area contributed by atoms with Crippen LogP contribution in [0.15, 0.2) is 31.1 Å². The second-order valence-electron chi connectivity index (χ2n) is 6.91. The molecule has 0 unspecified atom stereocenters. The number of rotatable bonds is 6. The van der Waals surface area contributed by atoms with E-state index in [1.807, 2.05) is 19.1 Å². The SMILES string of the molecule is COc1c(Nc2ccc(-n3cncn3)nc2C)ncnc1OC1CCN(C(=O)O)CC1. The molecule has 1 saturated heterocycles. The van der Waals surface area contributed by atoms with Gasteiger partial charge in [-0.25, -0.2) is 24.4 Å². The molecule has 31 heavy (non-hydrogen) atoms. The van der Waals surface area contributed by atoms with E-state index in [0.717, 1.165) is 11.4 Å². The van der Waals surface area contributed by atoms with Crippen molar-refractivity contribution in [2.24, 2.45) is 0 Å². The molecule has 12 nitrogen and oxygen atoms in total. The van der Waals surface area contributed by atoms with Crippen LogP contribution in [0.2, 0.25) is 0 Å². The molecule has 0 spiro atoms. The maximum Gasteiger partial charge on any atom is 0.407 e. The van der Waals surface area contributed by atoms with Crippen LogP contribution in [0.1, 0.15) is 18.5 Å². The van der Waals surface area contributed by atoms with Crippen LogP contribution in [-0.2, 0) is 0 Å². The zero-order valence-corrected chi connectivity index (χ0v) is 17.1. The number of nitrogens with zero attached hydrogens (tertiary/aromatic N) is 7. The number of methoxy groups -OCH3 is 1. The smallest absolute Gasteiger partial charge is 0.407 e.